The third kappa shape index (κ3) is 3.99. The number of amides is 1. The quantitative estimate of drug-likeness (QED) is 0.563. The normalized spacial score (nSPS) is 21.3. The first-order valence-electron chi connectivity index (χ1n) is 10.5. The van der Waals surface area contributed by atoms with Gasteiger partial charge in [0.2, 0.25) is 0 Å². The van der Waals surface area contributed by atoms with Crippen molar-refractivity contribution in [2.45, 2.75) is 55.8 Å². The molecule has 0 bridgehead atoms. The van der Waals surface area contributed by atoms with Gasteiger partial charge in [-0.05, 0) is 68.0 Å². The van der Waals surface area contributed by atoms with Crippen molar-refractivity contribution in [3.63, 3.8) is 0 Å². The van der Waals surface area contributed by atoms with E-state index >= 15 is 0 Å². The molecule has 1 amide bonds. The molecule has 0 spiro atoms. The Kier molecular flexibility index (Phi) is 5.65. The van der Waals surface area contributed by atoms with Gasteiger partial charge in [0.25, 0.3) is 5.91 Å². The highest BCUT2D eigenvalue weighted by Gasteiger charge is 2.30. The fraction of sp³-hybridized carbons (Fsp3) is 0.320. The lowest BCUT2D eigenvalue weighted by atomic mass is 9.97. The fourth-order valence-electron chi connectivity index (χ4n) is 4.47. The van der Waals surface area contributed by atoms with Gasteiger partial charge in [-0.15, -0.1) is 0 Å². The van der Waals surface area contributed by atoms with E-state index in [4.69, 9.17) is 0 Å². The van der Waals surface area contributed by atoms with Gasteiger partial charge < -0.3 is 4.90 Å². The van der Waals surface area contributed by atoms with Crippen LogP contribution in [0.2, 0.25) is 0 Å². The van der Waals surface area contributed by atoms with Gasteiger partial charge in [-0.1, -0.05) is 42.5 Å². The minimum Gasteiger partial charge on any atom is -0.332 e. The first-order valence-corrected chi connectivity index (χ1v) is 12.4. The van der Waals surface area contributed by atoms with Crippen LogP contribution in [0.1, 0.15) is 49.3 Å². The van der Waals surface area contributed by atoms with E-state index in [0.717, 1.165) is 34.9 Å². The largest absolute Gasteiger partial charge is 0.332 e. The monoisotopic (exact) mass is 420 g/mol. The summed E-state index contributed by atoms with van der Waals surface area (Å²) >= 11 is 0. The molecule has 0 N–H and O–H groups in total. The standard InChI is InChI=1S/C25H28N2O2S/c1-18-9-6-10-19(2)27(18)25(28)23-15-8-13-21(26-23)17-30(3,29)24-16-7-12-20-11-4-5-14-22(20)24/h4-5,7-8,11-16,18-19H,3,6,9-10,17H2,1-2H3/t18-,19+,30?. The fourth-order valence-corrected chi connectivity index (χ4v) is 6.18. The maximum atomic E-state index is 13.6. The van der Waals surface area contributed by atoms with Crippen molar-refractivity contribution in [1.29, 1.82) is 0 Å². The van der Waals surface area contributed by atoms with Gasteiger partial charge in [0.1, 0.15) is 5.69 Å². The average molecular weight is 421 g/mol. The van der Waals surface area contributed by atoms with Crippen molar-refractivity contribution in [2.75, 3.05) is 0 Å². The summed E-state index contributed by atoms with van der Waals surface area (Å²) in [5.41, 5.74) is 1.05. The average Bonchev–Trinajstić information content (AvgIpc) is 2.73. The van der Waals surface area contributed by atoms with Crippen LogP contribution in [0.4, 0.5) is 0 Å². The van der Waals surface area contributed by atoms with E-state index in [-0.39, 0.29) is 23.7 Å². The van der Waals surface area contributed by atoms with Crippen LogP contribution in [0.15, 0.2) is 65.6 Å². The van der Waals surface area contributed by atoms with Crippen molar-refractivity contribution < 1.29 is 9.00 Å². The minimum absolute atomic E-state index is 0.0442. The lowest BCUT2D eigenvalue weighted by Gasteiger charge is -2.38. The highest BCUT2D eigenvalue weighted by molar-refractivity contribution is 7.99. The number of benzene rings is 2. The van der Waals surface area contributed by atoms with Gasteiger partial charge in [0.15, 0.2) is 0 Å². The zero-order valence-corrected chi connectivity index (χ0v) is 18.4. The molecule has 1 aliphatic heterocycles. The molecule has 30 heavy (non-hydrogen) atoms. The summed E-state index contributed by atoms with van der Waals surface area (Å²) in [6.45, 7) is 4.20. The second-order valence-corrected chi connectivity index (χ2v) is 10.6. The van der Waals surface area contributed by atoms with Crippen LogP contribution >= 0.6 is 0 Å². The van der Waals surface area contributed by atoms with Crippen molar-refractivity contribution in [2.24, 2.45) is 0 Å². The Hall–Kier alpha value is -2.66. The molecule has 1 unspecified atom stereocenters. The Labute approximate surface area is 179 Å². The molecule has 0 saturated carbocycles. The van der Waals surface area contributed by atoms with Gasteiger partial charge in [-0.2, -0.15) is 0 Å². The molecule has 0 aliphatic carbocycles. The molecular weight excluding hydrogens is 392 g/mol. The van der Waals surface area contributed by atoms with Gasteiger partial charge in [-0.25, -0.2) is 4.98 Å². The second kappa shape index (κ2) is 8.23. The summed E-state index contributed by atoms with van der Waals surface area (Å²) in [5, 5.41) is 1.99. The first-order chi connectivity index (χ1) is 14.4. The van der Waals surface area contributed by atoms with Gasteiger partial charge in [0, 0.05) is 26.5 Å². The van der Waals surface area contributed by atoms with Crippen molar-refractivity contribution >= 4 is 32.1 Å². The first kappa shape index (κ1) is 20.6. The predicted molar refractivity (Wildman–Crippen MR) is 124 cm³/mol. The molecule has 4 rings (SSSR count). The van der Waals surface area contributed by atoms with Gasteiger partial charge in [0.05, 0.1) is 11.4 Å². The third-order valence-electron chi connectivity index (χ3n) is 5.99. The maximum Gasteiger partial charge on any atom is 0.272 e. The van der Waals surface area contributed by atoms with E-state index in [9.17, 15) is 9.00 Å². The molecule has 156 valence electrons. The minimum atomic E-state index is -2.62. The number of likely N-dealkylation sites (tertiary alicyclic amines) is 1. The van der Waals surface area contributed by atoms with E-state index in [1.807, 2.05) is 59.5 Å². The van der Waals surface area contributed by atoms with Crippen LogP contribution in [0.3, 0.4) is 0 Å². The van der Waals surface area contributed by atoms with E-state index in [0.29, 0.717) is 11.4 Å². The number of carbonyl (C=O) groups excluding carboxylic acids is 1. The van der Waals surface area contributed by atoms with E-state index in [1.165, 1.54) is 0 Å². The summed E-state index contributed by atoms with van der Waals surface area (Å²) < 4.78 is 13.6. The Balaban J connectivity index is 1.63. The summed E-state index contributed by atoms with van der Waals surface area (Å²) in [5.74, 6) is 4.22. The zero-order chi connectivity index (χ0) is 21.3. The van der Waals surface area contributed by atoms with Gasteiger partial charge >= 0.3 is 0 Å². The Morgan fingerprint density at radius 2 is 1.70 bits per heavy atom. The molecule has 1 saturated heterocycles. The number of hydrogen-bond donors (Lipinski definition) is 0. The van der Waals surface area contributed by atoms with Crippen LogP contribution < -0.4 is 0 Å². The summed E-state index contributed by atoms with van der Waals surface area (Å²) in [4.78, 5) is 20.4. The molecule has 1 aliphatic rings. The highest BCUT2D eigenvalue weighted by Crippen LogP contribution is 2.27. The number of hydrogen-bond acceptors (Lipinski definition) is 3. The number of fused-ring (bicyclic) bond motifs is 1. The van der Waals surface area contributed by atoms with Crippen LogP contribution in [0.5, 0.6) is 0 Å². The van der Waals surface area contributed by atoms with Crippen LogP contribution in [0.25, 0.3) is 10.8 Å². The topological polar surface area (TPSA) is 50.3 Å². The molecule has 4 nitrogen and oxygen atoms in total. The van der Waals surface area contributed by atoms with Crippen LogP contribution in [-0.2, 0) is 15.3 Å². The van der Waals surface area contributed by atoms with Crippen molar-refractivity contribution in [3.8, 4) is 0 Å². The Morgan fingerprint density at radius 1 is 1.03 bits per heavy atom. The third-order valence-corrected chi connectivity index (χ3v) is 7.91. The maximum absolute atomic E-state index is 13.6. The second-order valence-electron chi connectivity index (χ2n) is 8.29. The molecular formula is C25H28N2O2S. The van der Waals surface area contributed by atoms with E-state index in [2.05, 4.69) is 24.7 Å². The number of pyridine rings is 1. The van der Waals surface area contributed by atoms with Crippen molar-refractivity contribution in [3.05, 3.63) is 72.1 Å². The molecule has 1 aromatic heterocycles. The molecule has 0 radical (unpaired) electrons. The Morgan fingerprint density at radius 3 is 2.47 bits per heavy atom. The van der Waals surface area contributed by atoms with Gasteiger partial charge in [-0.3, -0.25) is 9.00 Å². The summed E-state index contributed by atoms with van der Waals surface area (Å²) in [7, 11) is -2.62. The summed E-state index contributed by atoms with van der Waals surface area (Å²) in [6, 6.07) is 19.5. The van der Waals surface area contributed by atoms with Crippen LogP contribution in [-0.4, -0.2) is 38.0 Å². The molecule has 1 fully saturated rings. The number of piperidine rings is 1. The highest BCUT2D eigenvalue weighted by atomic mass is 32.2. The van der Waals surface area contributed by atoms with E-state index in [1.54, 1.807) is 6.07 Å². The molecule has 3 atom stereocenters. The lowest BCUT2D eigenvalue weighted by molar-refractivity contribution is 0.0504. The molecule has 2 aromatic carbocycles. The SMILES string of the molecule is C=S(=O)(Cc1cccc(C(=O)N2[C@H](C)CCC[C@@H]2C)n1)c1cccc2ccccc12. The smallest absolute Gasteiger partial charge is 0.272 e. The lowest BCUT2D eigenvalue weighted by Crippen LogP contribution is -2.47. The number of rotatable bonds is 4. The number of aromatic nitrogens is 1. The summed E-state index contributed by atoms with van der Waals surface area (Å²) in [6.07, 6.45) is 3.18. The van der Waals surface area contributed by atoms with Crippen molar-refractivity contribution in [1.82, 2.24) is 9.88 Å². The van der Waals surface area contributed by atoms with E-state index < -0.39 is 9.52 Å². The number of carbonyl (C=O) groups is 1. The predicted octanol–water partition coefficient (Wildman–Crippen LogP) is 4.91. The molecule has 5 heteroatoms. The van der Waals surface area contributed by atoms with Crippen LogP contribution in [0, 0.1) is 0 Å². The molecule has 3 aromatic rings. The molecule has 2 heterocycles. The number of nitrogens with zero attached hydrogens (tertiary/aromatic N) is 2. The zero-order valence-electron chi connectivity index (χ0n) is 17.6. The Bertz CT molecular complexity index is 1170.